The monoisotopic (exact) mass is 300 g/mol. The number of rotatable bonds is 3. The number of methoxy groups -OCH3 is 1. The number of carbonyl (C=O) groups is 1. The molecule has 116 valence electrons. The van der Waals surface area contributed by atoms with Gasteiger partial charge < -0.3 is 15.4 Å². The van der Waals surface area contributed by atoms with Crippen LogP contribution in [-0.4, -0.2) is 47.3 Å². The van der Waals surface area contributed by atoms with Crippen molar-refractivity contribution in [3.8, 4) is 11.1 Å². The predicted molar refractivity (Wildman–Crippen MR) is 84.4 cm³/mol. The lowest BCUT2D eigenvalue weighted by molar-refractivity contribution is 0.0266. The molecule has 6 heteroatoms. The van der Waals surface area contributed by atoms with Crippen LogP contribution in [0.2, 0.25) is 0 Å². The maximum atomic E-state index is 12.8. The second-order valence-electron chi connectivity index (χ2n) is 5.48. The molecule has 0 spiro atoms. The van der Waals surface area contributed by atoms with Gasteiger partial charge >= 0.3 is 0 Å². The van der Waals surface area contributed by atoms with Crippen molar-refractivity contribution in [2.24, 2.45) is 0 Å². The van der Waals surface area contributed by atoms with Gasteiger partial charge in [0.05, 0.1) is 11.7 Å². The SMILES string of the molecule is COC1CCCN(C(=O)c2[nH]nc(N)c2-c2ccccc2)C1. The Morgan fingerprint density at radius 3 is 2.91 bits per heavy atom. The molecule has 1 fully saturated rings. The Morgan fingerprint density at radius 1 is 1.41 bits per heavy atom. The number of hydrogen-bond acceptors (Lipinski definition) is 4. The summed E-state index contributed by atoms with van der Waals surface area (Å²) in [4.78, 5) is 14.6. The van der Waals surface area contributed by atoms with Gasteiger partial charge in [-0.2, -0.15) is 5.10 Å². The van der Waals surface area contributed by atoms with Crippen LogP contribution in [-0.2, 0) is 4.74 Å². The molecule has 3 N–H and O–H groups in total. The van der Waals surface area contributed by atoms with E-state index in [1.54, 1.807) is 12.0 Å². The van der Waals surface area contributed by atoms with E-state index in [2.05, 4.69) is 10.2 Å². The van der Waals surface area contributed by atoms with E-state index in [4.69, 9.17) is 10.5 Å². The maximum absolute atomic E-state index is 12.8. The highest BCUT2D eigenvalue weighted by molar-refractivity contribution is 6.01. The largest absolute Gasteiger partial charge is 0.382 e. The van der Waals surface area contributed by atoms with Crippen LogP contribution in [0, 0.1) is 0 Å². The number of anilines is 1. The van der Waals surface area contributed by atoms with E-state index in [1.807, 2.05) is 30.3 Å². The van der Waals surface area contributed by atoms with E-state index < -0.39 is 0 Å². The maximum Gasteiger partial charge on any atom is 0.272 e. The van der Waals surface area contributed by atoms with Crippen LogP contribution in [0.4, 0.5) is 5.82 Å². The first kappa shape index (κ1) is 14.6. The molecule has 2 heterocycles. The highest BCUT2D eigenvalue weighted by Gasteiger charge is 2.28. The Bertz CT molecular complexity index is 653. The van der Waals surface area contributed by atoms with Crippen LogP contribution < -0.4 is 5.73 Å². The van der Waals surface area contributed by atoms with Crippen molar-refractivity contribution in [1.29, 1.82) is 0 Å². The molecular formula is C16H20N4O2. The average molecular weight is 300 g/mol. The van der Waals surface area contributed by atoms with Gasteiger partial charge in [-0.3, -0.25) is 9.89 Å². The van der Waals surface area contributed by atoms with Gasteiger partial charge in [0, 0.05) is 20.2 Å². The number of amides is 1. The van der Waals surface area contributed by atoms with Gasteiger partial charge in [0.2, 0.25) is 0 Å². The molecule has 1 atom stereocenters. The Hall–Kier alpha value is -2.34. The number of nitrogens with one attached hydrogen (secondary N) is 1. The van der Waals surface area contributed by atoms with Gasteiger partial charge in [-0.15, -0.1) is 0 Å². The molecule has 3 rings (SSSR count). The van der Waals surface area contributed by atoms with Crippen LogP contribution in [0.25, 0.3) is 11.1 Å². The fourth-order valence-electron chi connectivity index (χ4n) is 2.88. The molecule has 0 radical (unpaired) electrons. The van der Waals surface area contributed by atoms with Crippen molar-refractivity contribution in [3.05, 3.63) is 36.0 Å². The lowest BCUT2D eigenvalue weighted by atomic mass is 10.0. The molecular weight excluding hydrogens is 280 g/mol. The highest BCUT2D eigenvalue weighted by Crippen LogP contribution is 2.29. The van der Waals surface area contributed by atoms with Crippen LogP contribution in [0.3, 0.4) is 0 Å². The Balaban J connectivity index is 1.91. The number of H-pyrrole nitrogens is 1. The number of piperidine rings is 1. The third-order valence-corrected chi connectivity index (χ3v) is 4.07. The number of aromatic nitrogens is 2. The zero-order valence-electron chi connectivity index (χ0n) is 12.6. The van der Waals surface area contributed by atoms with E-state index >= 15 is 0 Å². The smallest absolute Gasteiger partial charge is 0.272 e. The Morgan fingerprint density at radius 2 is 2.18 bits per heavy atom. The number of nitrogens with two attached hydrogens (primary N) is 1. The first-order valence-corrected chi connectivity index (χ1v) is 7.42. The molecule has 1 unspecified atom stereocenters. The number of aromatic amines is 1. The molecule has 0 aliphatic carbocycles. The van der Waals surface area contributed by atoms with Crippen LogP contribution in [0.5, 0.6) is 0 Å². The third kappa shape index (κ3) is 2.69. The lowest BCUT2D eigenvalue weighted by Crippen LogP contribution is -2.43. The summed E-state index contributed by atoms with van der Waals surface area (Å²) in [6.45, 7) is 1.33. The number of nitrogens with zero attached hydrogens (tertiary/aromatic N) is 2. The highest BCUT2D eigenvalue weighted by atomic mass is 16.5. The number of benzene rings is 1. The minimum Gasteiger partial charge on any atom is -0.382 e. The predicted octanol–water partition coefficient (Wildman–Crippen LogP) is 1.91. The van der Waals surface area contributed by atoms with Gasteiger partial charge in [-0.1, -0.05) is 30.3 Å². The quantitative estimate of drug-likeness (QED) is 0.907. The van der Waals surface area contributed by atoms with Crippen molar-refractivity contribution in [2.45, 2.75) is 18.9 Å². The van der Waals surface area contributed by atoms with E-state index in [-0.39, 0.29) is 12.0 Å². The number of ether oxygens (including phenoxy) is 1. The minimum atomic E-state index is -0.0789. The van der Waals surface area contributed by atoms with Crippen LogP contribution in [0.1, 0.15) is 23.3 Å². The fourth-order valence-corrected chi connectivity index (χ4v) is 2.88. The molecule has 0 bridgehead atoms. The van der Waals surface area contributed by atoms with Gasteiger partial charge in [-0.05, 0) is 18.4 Å². The Kier molecular flexibility index (Phi) is 4.11. The summed E-state index contributed by atoms with van der Waals surface area (Å²) in [6.07, 6.45) is 2.02. The van der Waals surface area contributed by atoms with E-state index in [0.717, 1.165) is 24.9 Å². The van der Waals surface area contributed by atoms with Crippen molar-refractivity contribution in [2.75, 3.05) is 25.9 Å². The van der Waals surface area contributed by atoms with E-state index in [9.17, 15) is 4.79 Å². The second-order valence-corrected chi connectivity index (χ2v) is 5.48. The van der Waals surface area contributed by atoms with Crippen molar-refractivity contribution in [1.82, 2.24) is 15.1 Å². The molecule has 1 amide bonds. The Labute approximate surface area is 129 Å². The normalized spacial score (nSPS) is 18.4. The molecule has 1 saturated heterocycles. The third-order valence-electron chi connectivity index (χ3n) is 4.07. The van der Waals surface area contributed by atoms with Gasteiger partial charge in [-0.25, -0.2) is 0 Å². The molecule has 0 saturated carbocycles. The van der Waals surface area contributed by atoms with Crippen molar-refractivity contribution < 1.29 is 9.53 Å². The zero-order chi connectivity index (χ0) is 15.5. The molecule has 2 aromatic rings. The van der Waals surface area contributed by atoms with Crippen LogP contribution >= 0.6 is 0 Å². The number of hydrogen-bond donors (Lipinski definition) is 2. The van der Waals surface area contributed by atoms with Crippen molar-refractivity contribution in [3.63, 3.8) is 0 Å². The number of likely N-dealkylation sites (tertiary alicyclic amines) is 1. The topological polar surface area (TPSA) is 84.2 Å². The molecule has 22 heavy (non-hydrogen) atoms. The summed E-state index contributed by atoms with van der Waals surface area (Å²) in [5, 5.41) is 6.82. The summed E-state index contributed by atoms with van der Waals surface area (Å²) in [5.74, 6) is 0.264. The van der Waals surface area contributed by atoms with Gasteiger partial charge in [0.25, 0.3) is 5.91 Å². The van der Waals surface area contributed by atoms with E-state index in [1.165, 1.54) is 0 Å². The minimum absolute atomic E-state index is 0.0789. The van der Waals surface area contributed by atoms with Gasteiger partial charge in [0.15, 0.2) is 5.82 Å². The summed E-state index contributed by atoms with van der Waals surface area (Å²) < 4.78 is 5.38. The van der Waals surface area contributed by atoms with E-state index in [0.29, 0.717) is 23.6 Å². The summed E-state index contributed by atoms with van der Waals surface area (Å²) in [7, 11) is 1.68. The van der Waals surface area contributed by atoms with Gasteiger partial charge in [0.1, 0.15) is 5.69 Å². The van der Waals surface area contributed by atoms with Crippen molar-refractivity contribution >= 4 is 11.7 Å². The number of carbonyl (C=O) groups excluding carboxylic acids is 1. The molecule has 1 aromatic carbocycles. The average Bonchev–Trinajstić information content (AvgIpc) is 2.96. The lowest BCUT2D eigenvalue weighted by Gasteiger charge is -2.31. The van der Waals surface area contributed by atoms with Crippen LogP contribution in [0.15, 0.2) is 30.3 Å². The second kappa shape index (κ2) is 6.19. The zero-order valence-corrected chi connectivity index (χ0v) is 12.6. The standard InChI is InChI=1S/C16H20N4O2/c1-22-12-8-5-9-20(10-12)16(21)14-13(15(17)19-18-14)11-6-3-2-4-7-11/h2-4,6-7,12H,5,8-10H2,1H3,(H3,17,18,19). The number of nitrogen functional groups attached to an aromatic ring is 1. The molecule has 1 aliphatic heterocycles. The first-order valence-electron chi connectivity index (χ1n) is 7.42. The fraction of sp³-hybridized carbons (Fsp3) is 0.375. The first-order chi connectivity index (χ1) is 10.7. The summed E-state index contributed by atoms with van der Waals surface area (Å²) in [5.41, 5.74) is 7.96. The molecule has 6 nitrogen and oxygen atoms in total. The summed E-state index contributed by atoms with van der Waals surface area (Å²) >= 11 is 0. The molecule has 1 aliphatic rings. The molecule has 1 aromatic heterocycles. The summed E-state index contributed by atoms with van der Waals surface area (Å²) in [6, 6.07) is 9.60.